The number of carboxylic acid groups (broad SMARTS) is 1. The molecule has 0 radical (unpaired) electrons. The van der Waals surface area contributed by atoms with E-state index in [0.717, 1.165) is 44.9 Å². The number of hydrogen-bond acceptors (Lipinski definition) is 3. The molecule has 0 saturated heterocycles. The second-order valence-electron chi connectivity index (χ2n) is 11.2. The molecule has 0 heterocycles. The van der Waals surface area contributed by atoms with Gasteiger partial charge in [0, 0.05) is 18.8 Å². The van der Waals surface area contributed by atoms with Crippen molar-refractivity contribution in [3.05, 3.63) is 0 Å². The zero-order valence-electron chi connectivity index (χ0n) is 17.8. The topological polar surface area (TPSA) is 74.6 Å². The van der Waals surface area contributed by atoms with Gasteiger partial charge < -0.3 is 10.2 Å². The molecule has 9 atom stereocenters. The summed E-state index contributed by atoms with van der Waals surface area (Å²) in [6.45, 7) is 7.06. The fraction of sp³-hybridized carbons (Fsp3) is 0.917. The number of rotatable bonds is 4. The van der Waals surface area contributed by atoms with Crippen LogP contribution in [0, 0.1) is 46.3 Å². The third-order valence-corrected chi connectivity index (χ3v) is 10.0. The van der Waals surface area contributed by atoms with Crippen molar-refractivity contribution in [1.82, 2.24) is 0 Å². The lowest BCUT2D eigenvalue weighted by molar-refractivity contribution is -0.160. The van der Waals surface area contributed by atoms with Crippen LogP contribution in [0.2, 0.25) is 0 Å². The number of aliphatic hydroxyl groups is 1. The standard InChI is InChI=1S/C24H38O4/c1-14(4-7-21(27)28)17-5-6-18-22-19(9-11-24(17,18)3)23(2)10-8-16(25)12-15(23)13-20(22)26/h14-19,22,25H,4-13H2,1-3H3,(H,27,28)/t14-,15?,16+,17?,18?,19?,22?,23-,24+/m0/s1. The predicted molar refractivity (Wildman–Crippen MR) is 108 cm³/mol. The van der Waals surface area contributed by atoms with Crippen LogP contribution in [-0.4, -0.2) is 28.1 Å². The Balaban J connectivity index is 1.56. The largest absolute Gasteiger partial charge is 0.481 e. The molecule has 0 bridgehead atoms. The summed E-state index contributed by atoms with van der Waals surface area (Å²) in [5.74, 6) is 2.25. The highest BCUT2D eigenvalue weighted by Gasteiger charge is 2.62. The fourth-order valence-electron chi connectivity index (χ4n) is 8.44. The second kappa shape index (κ2) is 7.11. The van der Waals surface area contributed by atoms with Gasteiger partial charge >= 0.3 is 5.97 Å². The summed E-state index contributed by atoms with van der Waals surface area (Å²) >= 11 is 0. The van der Waals surface area contributed by atoms with Crippen LogP contribution in [0.3, 0.4) is 0 Å². The van der Waals surface area contributed by atoms with Crippen molar-refractivity contribution in [2.75, 3.05) is 0 Å². The van der Waals surface area contributed by atoms with Crippen LogP contribution >= 0.6 is 0 Å². The monoisotopic (exact) mass is 390 g/mol. The molecular weight excluding hydrogens is 352 g/mol. The van der Waals surface area contributed by atoms with E-state index >= 15 is 0 Å². The number of ketones is 1. The van der Waals surface area contributed by atoms with Crippen molar-refractivity contribution < 1.29 is 19.8 Å². The first-order chi connectivity index (χ1) is 13.2. The van der Waals surface area contributed by atoms with Crippen molar-refractivity contribution in [2.45, 2.75) is 91.1 Å². The second-order valence-corrected chi connectivity index (χ2v) is 11.2. The Labute approximate surface area is 169 Å². The molecule has 0 aromatic carbocycles. The number of carbonyl (C=O) groups excluding carboxylic acids is 1. The van der Waals surface area contributed by atoms with E-state index in [1.165, 1.54) is 6.42 Å². The quantitative estimate of drug-likeness (QED) is 0.730. The maximum atomic E-state index is 13.3. The third-order valence-electron chi connectivity index (χ3n) is 10.0. The molecule has 4 aliphatic carbocycles. The number of hydrogen-bond donors (Lipinski definition) is 2. The average molecular weight is 391 g/mol. The van der Waals surface area contributed by atoms with Crippen LogP contribution in [0.25, 0.3) is 0 Å². The van der Waals surface area contributed by atoms with E-state index in [9.17, 15) is 14.7 Å². The zero-order valence-corrected chi connectivity index (χ0v) is 17.8. The van der Waals surface area contributed by atoms with Gasteiger partial charge in [-0.1, -0.05) is 20.8 Å². The van der Waals surface area contributed by atoms with Gasteiger partial charge in [-0.3, -0.25) is 9.59 Å². The smallest absolute Gasteiger partial charge is 0.303 e. The van der Waals surface area contributed by atoms with Crippen molar-refractivity contribution in [3.8, 4) is 0 Å². The molecule has 0 aromatic heterocycles. The summed E-state index contributed by atoms with van der Waals surface area (Å²) in [4.78, 5) is 24.4. The maximum absolute atomic E-state index is 13.3. The summed E-state index contributed by atoms with van der Waals surface area (Å²) in [6.07, 6.45) is 8.81. The van der Waals surface area contributed by atoms with E-state index in [1.54, 1.807) is 0 Å². The molecule has 2 N–H and O–H groups in total. The van der Waals surface area contributed by atoms with Gasteiger partial charge in [0.1, 0.15) is 5.78 Å². The minimum absolute atomic E-state index is 0.187. The summed E-state index contributed by atoms with van der Waals surface area (Å²) in [6, 6.07) is 0. The van der Waals surface area contributed by atoms with Gasteiger partial charge in [-0.2, -0.15) is 0 Å². The van der Waals surface area contributed by atoms with Gasteiger partial charge in [0.2, 0.25) is 0 Å². The SMILES string of the molecule is C[C@@H](CCC(=O)O)C1CCC2C3C(=O)CC4C[C@H](O)CC[C@]4(C)C3CC[C@@]21C. The van der Waals surface area contributed by atoms with Crippen LogP contribution in [0.15, 0.2) is 0 Å². The molecule has 5 unspecified atom stereocenters. The van der Waals surface area contributed by atoms with E-state index in [1.807, 2.05) is 0 Å². The van der Waals surface area contributed by atoms with Gasteiger partial charge in [0.05, 0.1) is 6.10 Å². The van der Waals surface area contributed by atoms with Crippen molar-refractivity contribution in [3.63, 3.8) is 0 Å². The predicted octanol–water partition coefficient (Wildman–Crippen LogP) is 4.69. The Morgan fingerprint density at radius 3 is 2.50 bits per heavy atom. The van der Waals surface area contributed by atoms with Crippen molar-refractivity contribution >= 4 is 11.8 Å². The molecule has 0 aromatic rings. The molecule has 4 aliphatic rings. The Kier molecular flexibility index (Phi) is 5.17. The number of carboxylic acids is 1. The molecule has 0 aliphatic heterocycles. The fourth-order valence-corrected chi connectivity index (χ4v) is 8.44. The van der Waals surface area contributed by atoms with Crippen LogP contribution in [-0.2, 0) is 9.59 Å². The zero-order chi connectivity index (χ0) is 20.3. The number of aliphatic hydroxyl groups excluding tert-OH is 1. The molecule has 4 rings (SSSR count). The molecule has 4 fully saturated rings. The Morgan fingerprint density at radius 2 is 1.79 bits per heavy atom. The lowest BCUT2D eigenvalue weighted by Crippen LogP contribution is -2.57. The van der Waals surface area contributed by atoms with Gasteiger partial charge in [-0.05, 0) is 91.8 Å². The minimum Gasteiger partial charge on any atom is -0.481 e. The van der Waals surface area contributed by atoms with Gasteiger partial charge in [-0.25, -0.2) is 0 Å². The first-order valence-electron chi connectivity index (χ1n) is 11.6. The number of fused-ring (bicyclic) bond motifs is 5. The van der Waals surface area contributed by atoms with Gasteiger partial charge in [0.15, 0.2) is 0 Å². The van der Waals surface area contributed by atoms with Gasteiger partial charge in [0.25, 0.3) is 0 Å². The Morgan fingerprint density at radius 1 is 1.11 bits per heavy atom. The number of Topliss-reactive ketones (excluding diaryl/α,β-unsaturated/α-hetero) is 1. The normalized spacial score (nSPS) is 49.1. The van der Waals surface area contributed by atoms with Crippen LogP contribution in [0.4, 0.5) is 0 Å². The summed E-state index contributed by atoms with van der Waals surface area (Å²) < 4.78 is 0. The molecule has 28 heavy (non-hydrogen) atoms. The molecule has 4 saturated carbocycles. The molecule has 0 spiro atoms. The van der Waals surface area contributed by atoms with E-state index in [2.05, 4.69) is 20.8 Å². The lowest BCUT2D eigenvalue weighted by Gasteiger charge is -2.60. The summed E-state index contributed by atoms with van der Waals surface area (Å²) in [7, 11) is 0. The highest BCUT2D eigenvalue weighted by atomic mass is 16.4. The summed E-state index contributed by atoms with van der Waals surface area (Å²) in [5, 5.41) is 19.3. The van der Waals surface area contributed by atoms with Crippen LogP contribution < -0.4 is 0 Å². The van der Waals surface area contributed by atoms with Crippen LogP contribution in [0.1, 0.15) is 85.0 Å². The van der Waals surface area contributed by atoms with E-state index < -0.39 is 5.97 Å². The van der Waals surface area contributed by atoms with Crippen molar-refractivity contribution in [1.29, 1.82) is 0 Å². The highest BCUT2D eigenvalue weighted by molar-refractivity contribution is 5.83. The third kappa shape index (κ3) is 3.05. The molecule has 4 heteroatoms. The first-order valence-corrected chi connectivity index (χ1v) is 11.6. The Hall–Kier alpha value is -0.900. The van der Waals surface area contributed by atoms with Gasteiger partial charge in [-0.15, -0.1) is 0 Å². The number of aliphatic carboxylic acids is 1. The molecule has 0 amide bonds. The average Bonchev–Trinajstić information content (AvgIpc) is 2.98. The van der Waals surface area contributed by atoms with E-state index in [0.29, 0.717) is 41.8 Å². The highest BCUT2D eigenvalue weighted by Crippen LogP contribution is 2.67. The van der Waals surface area contributed by atoms with E-state index in [-0.39, 0.29) is 29.3 Å². The first kappa shape index (κ1) is 20.4. The van der Waals surface area contributed by atoms with Crippen molar-refractivity contribution in [2.24, 2.45) is 46.3 Å². The Bertz CT molecular complexity index is 645. The number of carbonyl (C=O) groups is 2. The van der Waals surface area contributed by atoms with Crippen LogP contribution in [0.5, 0.6) is 0 Å². The maximum Gasteiger partial charge on any atom is 0.303 e. The molecular formula is C24H38O4. The minimum atomic E-state index is -0.698. The molecule has 158 valence electrons. The summed E-state index contributed by atoms with van der Waals surface area (Å²) in [5.41, 5.74) is 0.401. The van der Waals surface area contributed by atoms with E-state index in [4.69, 9.17) is 5.11 Å². The lowest BCUT2D eigenvalue weighted by atomic mass is 9.44. The molecule has 4 nitrogen and oxygen atoms in total.